The molecule has 0 spiro atoms. The van der Waals surface area contributed by atoms with E-state index in [4.69, 9.17) is 17.3 Å². The normalized spacial score (nSPS) is 17.1. The second kappa shape index (κ2) is 8.93. The molecule has 3 N–H and O–H groups in total. The van der Waals surface area contributed by atoms with Gasteiger partial charge < -0.3 is 10.6 Å². The molecular weight excluding hydrogens is 409 g/mol. The van der Waals surface area contributed by atoms with E-state index in [1.807, 2.05) is 0 Å². The lowest BCUT2D eigenvalue weighted by atomic mass is 10.1. The maximum atomic E-state index is 12.5. The van der Waals surface area contributed by atoms with Gasteiger partial charge in [0, 0.05) is 24.7 Å². The van der Waals surface area contributed by atoms with Crippen molar-refractivity contribution in [2.24, 2.45) is 5.73 Å². The minimum absolute atomic E-state index is 0. The molecule has 1 amide bonds. The third kappa shape index (κ3) is 5.13. The van der Waals surface area contributed by atoms with Gasteiger partial charge in [0.2, 0.25) is 0 Å². The number of nitrogens with two attached hydrogens (primary N) is 1. The number of para-hydroxylation sites is 1. The zero-order valence-corrected chi connectivity index (χ0v) is 16.9. The van der Waals surface area contributed by atoms with Crippen molar-refractivity contribution in [1.82, 2.24) is 4.90 Å². The average molecular weight is 430 g/mol. The van der Waals surface area contributed by atoms with Crippen LogP contribution in [0.5, 0.6) is 0 Å². The number of hydrogen-bond donors (Lipinski definition) is 2. The molecule has 2 aromatic carbocycles. The summed E-state index contributed by atoms with van der Waals surface area (Å²) < 4.78 is 27.4. The first-order chi connectivity index (χ1) is 12.4. The quantitative estimate of drug-likeness (QED) is 0.780. The van der Waals surface area contributed by atoms with Crippen molar-refractivity contribution in [2.75, 3.05) is 17.8 Å². The highest BCUT2D eigenvalue weighted by Gasteiger charge is 2.23. The Bertz CT molecular complexity index is 904. The van der Waals surface area contributed by atoms with E-state index in [1.165, 1.54) is 24.3 Å². The fourth-order valence-corrected chi connectivity index (χ4v) is 4.22. The predicted octanol–water partition coefficient (Wildman–Crippen LogP) is 3.13. The molecule has 1 unspecified atom stereocenters. The van der Waals surface area contributed by atoms with Gasteiger partial charge in [-0.05, 0) is 49.2 Å². The molecule has 9 heteroatoms. The van der Waals surface area contributed by atoms with E-state index >= 15 is 0 Å². The molecule has 1 aliphatic rings. The van der Waals surface area contributed by atoms with Crippen LogP contribution in [0, 0.1) is 0 Å². The summed E-state index contributed by atoms with van der Waals surface area (Å²) in [6, 6.07) is 12.4. The number of carbonyl (C=O) groups excluding carboxylic acids is 1. The Morgan fingerprint density at radius 2 is 1.81 bits per heavy atom. The Kier molecular flexibility index (Phi) is 7.11. The molecule has 1 heterocycles. The minimum Gasteiger partial charge on any atom is -0.337 e. The van der Waals surface area contributed by atoms with Gasteiger partial charge in [0.1, 0.15) is 0 Å². The maximum absolute atomic E-state index is 12.5. The monoisotopic (exact) mass is 429 g/mol. The van der Waals surface area contributed by atoms with Gasteiger partial charge in [-0.1, -0.05) is 23.7 Å². The summed E-state index contributed by atoms with van der Waals surface area (Å²) in [6.45, 7) is 1.19. The smallest absolute Gasteiger partial charge is 0.261 e. The fraction of sp³-hybridized carbons (Fsp3) is 0.278. The van der Waals surface area contributed by atoms with Gasteiger partial charge in [-0.15, -0.1) is 12.4 Å². The largest absolute Gasteiger partial charge is 0.337 e. The van der Waals surface area contributed by atoms with Gasteiger partial charge in [-0.2, -0.15) is 0 Å². The topological polar surface area (TPSA) is 92.5 Å². The van der Waals surface area contributed by atoms with E-state index < -0.39 is 10.0 Å². The fourth-order valence-electron chi connectivity index (χ4n) is 2.90. The number of nitrogens with zero attached hydrogens (tertiary/aromatic N) is 1. The van der Waals surface area contributed by atoms with Crippen molar-refractivity contribution >= 4 is 45.6 Å². The molecule has 1 atom stereocenters. The zero-order chi connectivity index (χ0) is 18.7. The van der Waals surface area contributed by atoms with Crippen LogP contribution in [0.25, 0.3) is 0 Å². The van der Waals surface area contributed by atoms with E-state index in [9.17, 15) is 13.2 Å². The first kappa shape index (κ1) is 21.5. The van der Waals surface area contributed by atoms with Crippen LogP contribution in [0.3, 0.4) is 0 Å². The Labute approximate surface area is 170 Å². The summed E-state index contributed by atoms with van der Waals surface area (Å²) >= 11 is 5.99. The zero-order valence-electron chi connectivity index (χ0n) is 14.5. The average Bonchev–Trinajstić information content (AvgIpc) is 2.63. The van der Waals surface area contributed by atoms with Crippen LogP contribution in [0.4, 0.5) is 5.69 Å². The number of sulfonamides is 1. The van der Waals surface area contributed by atoms with Crippen LogP contribution in [0.15, 0.2) is 53.4 Å². The molecule has 0 radical (unpaired) electrons. The highest BCUT2D eigenvalue weighted by atomic mass is 35.5. The molecule has 0 aliphatic carbocycles. The highest BCUT2D eigenvalue weighted by molar-refractivity contribution is 7.92. The van der Waals surface area contributed by atoms with E-state index in [-0.39, 0.29) is 29.3 Å². The molecule has 1 saturated heterocycles. The van der Waals surface area contributed by atoms with Gasteiger partial charge in [-0.3, -0.25) is 9.52 Å². The predicted molar refractivity (Wildman–Crippen MR) is 109 cm³/mol. The number of piperidine rings is 1. The lowest BCUT2D eigenvalue weighted by Gasteiger charge is -2.30. The van der Waals surface area contributed by atoms with Crippen molar-refractivity contribution < 1.29 is 13.2 Å². The molecular formula is C18H21Cl2N3O3S. The Hall–Kier alpha value is -1.80. The van der Waals surface area contributed by atoms with Crippen LogP contribution in [0.1, 0.15) is 23.2 Å². The summed E-state index contributed by atoms with van der Waals surface area (Å²) in [4.78, 5) is 14.3. The van der Waals surface area contributed by atoms with Crippen LogP contribution < -0.4 is 10.5 Å². The number of anilines is 1. The molecule has 1 aliphatic heterocycles. The van der Waals surface area contributed by atoms with E-state index in [2.05, 4.69) is 4.72 Å². The number of hydrogen-bond acceptors (Lipinski definition) is 4. The van der Waals surface area contributed by atoms with E-state index in [0.29, 0.717) is 29.4 Å². The van der Waals surface area contributed by atoms with E-state index in [1.54, 1.807) is 29.2 Å². The molecule has 0 aromatic heterocycles. The van der Waals surface area contributed by atoms with Crippen molar-refractivity contribution in [2.45, 2.75) is 23.8 Å². The highest BCUT2D eigenvalue weighted by Crippen LogP contribution is 2.24. The summed E-state index contributed by atoms with van der Waals surface area (Å²) in [5, 5.41) is 0.310. The first-order valence-electron chi connectivity index (χ1n) is 8.29. The number of carbonyl (C=O) groups is 1. The molecule has 27 heavy (non-hydrogen) atoms. The van der Waals surface area contributed by atoms with Gasteiger partial charge in [0.05, 0.1) is 15.6 Å². The first-order valence-corrected chi connectivity index (χ1v) is 10.2. The molecule has 146 valence electrons. The van der Waals surface area contributed by atoms with Crippen LogP contribution in [-0.4, -0.2) is 38.4 Å². The molecule has 1 fully saturated rings. The lowest BCUT2D eigenvalue weighted by molar-refractivity contribution is 0.0708. The molecule has 3 rings (SSSR count). The van der Waals surface area contributed by atoms with Crippen LogP contribution in [-0.2, 0) is 10.0 Å². The summed E-state index contributed by atoms with van der Waals surface area (Å²) in [5.41, 5.74) is 6.66. The van der Waals surface area contributed by atoms with Crippen molar-refractivity contribution in [3.8, 4) is 0 Å². The Morgan fingerprint density at radius 1 is 1.15 bits per heavy atom. The van der Waals surface area contributed by atoms with Crippen LogP contribution >= 0.6 is 24.0 Å². The van der Waals surface area contributed by atoms with Crippen molar-refractivity contribution in [3.05, 3.63) is 59.1 Å². The second-order valence-electron chi connectivity index (χ2n) is 6.26. The van der Waals surface area contributed by atoms with Crippen LogP contribution in [0.2, 0.25) is 5.02 Å². The molecule has 0 saturated carbocycles. The molecule has 0 bridgehead atoms. The third-order valence-electron chi connectivity index (χ3n) is 4.27. The number of nitrogens with one attached hydrogen (secondary N) is 1. The Morgan fingerprint density at radius 3 is 2.44 bits per heavy atom. The number of benzene rings is 2. The van der Waals surface area contributed by atoms with E-state index in [0.717, 1.165) is 12.8 Å². The third-order valence-corrected chi connectivity index (χ3v) is 5.99. The number of likely N-dealkylation sites (tertiary alicyclic amines) is 1. The second-order valence-corrected chi connectivity index (χ2v) is 8.35. The van der Waals surface area contributed by atoms with Gasteiger partial charge in [0.25, 0.3) is 15.9 Å². The summed E-state index contributed by atoms with van der Waals surface area (Å²) in [7, 11) is -3.79. The molecule has 6 nitrogen and oxygen atoms in total. The SMILES string of the molecule is Cl.NC1CCCN(C(=O)c2ccc(S(=O)(=O)Nc3ccccc3Cl)cc2)C1. The lowest BCUT2D eigenvalue weighted by Crippen LogP contribution is -2.45. The maximum Gasteiger partial charge on any atom is 0.261 e. The number of rotatable bonds is 4. The van der Waals surface area contributed by atoms with Gasteiger partial charge in [-0.25, -0.2) is 8.42 Å². The Balaban J connectivity index is 0.00000261. The standard InChI is InChI=1S/C18H20ClN3O3S.ClH/c19-16-5-1-2-6-17(16)21-26(24,25)15-9-7-13(8-10-15)18(23)22-11-3-4-14(20)12-22;/h1-2,5-10,14,21H,3-4,11-12,20H2;1H. The molecule has 2 aromatic rings. The van der Waals surface area contributed by atoms with Gasteiger partial charge >= 0.3 is 0 Å². The van der Waals surface area contributed by atoms with Crippen molar-refractivity contribution in [1.29, 1.82) is 0 Å². The number of halogens is 2. The van der Waals surface area contributed by atoms with Crippen molar-refractivity contribution in [3.63, 3.8) is 0 Å². The summed E-state index contributed by atoms with van der Waals surface area (Å²) in [5.74, 6) is -0.136. The van der Waals surface area contributed by atoms with Gasteiger partial charge in [0.15, 0.2) is 0 Å². The summed E-state index contributed by atoms with van der Waals surface area (Å²) in [6.07, 6.45) is 1.79. The number of amides is 1. The minimum atomic E-state index is -3.79.